The van der Waals surface area contributed by atoms with E-state index in [4.69, 9.17) is 27.9 Å². The van der Waals surface area contributed by atoms with Crippen molar-refractivity contribution in [2.24, 2.45) is 0 Å². The molecule has 1 saturated heterocycles. The van der Waals surface area contributed by atoms with Gasteiger partial charge in [0.25, 0.3) is 5.78 Å². The number of aliphatic hydroxyl groups is 1. The Hall–Kier alpha value is -1.72. The molecule has 22 heavy (non-hydrogen) atoms. The smallest absolute Gasteiger partial charge is 0.250 e. The third-order valence-electron chi connectivity index (χ3n) is 3.91. The number of benzene rings is 1. The van der Waals surface area contributed by atoms with Gasteiger partial charge in [0, 0.05) is 28.6 Å². The van der Waals surface area contributed by atoms with Crippen molar-refractivity contribution >= 4 is 34.9 Å². The molecular formula is C15H13Cl2NO4. The van der Waals surface area contributed by atoms with Crippen LogP contribution in [0.2, 0.25) is 10.0 Å². The first-order chi connectivity index (χ1) is 10.3. The fourth-order valence-electron chi connectivity index (χ4n) is 2.70. The number of ether oxygens (including phenoxy) is 1. The Morgan fingerprint density at radius 2 is 2.05 bits per heavy atom. The number of aliphatic hydroxyl groups excluding tert-OH is 1. The van der Waals surface area contributed by atoms with E-state index in [2.05, 4.69) is 0 Å². The van der Waals surface area contributed by atoms with Crippen molar-refractivity contribution in [2.75, 3.05) is 6.54 Å². The van der Waals surface area contributed by atoms with Gasteiger partial charge in [-0.05, 0) is 31.5 Å². The first-order valence-corrected chi connectivity index (χ1v) is 7.53. The molecule has 1 unspecified atom stereocenters. The quantitative estimate of drug-likeness (QED) is 0.897. The highest BCUT2D eigenvalue weighted by atomic mass is 35.5. The summed E-state index contributed by atoms with van der Waals surface area (Å²) in [4.78, 5) is 25.6. The van der Waals surface area contributed by atoms with Crippen LogP contribution in [0, 0.1) is 0 Å². The van der Waals surface area contributed by atoms with Crippen LogP contribution in [0.1, 0.15) is 25.3 Å². The van der Waals surface area contributed by atoms with Gasteiger partial charge in [0.1, 0.15) is 0 Å². The van der Waals surface area contributed by atoms with Gasteiger partial charge < -0.3 is 9.84 Å². The average Bonchev–Trinajstić information content (AvgIpc) is 2.99. The van der Waals surface area contributed by atoms with E-state index in [0.717, 1.165) is 0 Å². The Morgan fingerprint density at radius 1 is 1.32 bits per heavy atom. The summed E-state index contributed by atoms with van der Waals surface area (Å²) in [5, 5.41) is 10.8. The molecule has 0 aromatic heterocycles. The molecule has 2 heterocycles. The van der Waals surface area contributed by atoms with Crippen molar-refractivity contribution in [2.45, 2.75) is 25.4 Å². The predicted molar refractivity (Wildman–Crippen MR) is 80.5 cm³/mol. The SMILES string of the molecule is CC1(c2cc(Cl)ccc2Cl)OC(N2CCCC2=O)=C(O)C1=O. The molecule has 7 heteroatoms. The second kappa shape index (κ2) is 5.18. The molecule has 0 radical (unpaired) electrons. The van der Waals surface area contributed by atoms with Crippen LogP contribution < -0.4 is 0 Å². The van der Waals surface area contributed by atoms with Gasteiger partial charge in [-0.3, -0.25) is 14.5 Å². The molecule has 1 aromatic rings. The number of hydrogen-bond acceptors (Lipinski definition) is 4. The van der Waals surface area contributed by atoms with Crippen molar-refractivity contribution < 1.29 is 19.4 Å². The summed E-state index contributed by atoms with van der Waals surface area (Å²) < 4.78 is 5.69. The number of nitrogens with zero attached hydrogens (tertiary/aromatic N) is 1. The molecule has 2 aliphatic heterocycles. The van der Waals surface area contributed by atoms with Gasteiger partial charge in [-0.1, -0.05) is 23.2 Å². The lowest BCUT2D eigenvalue weighted by atomic mass is 9.91. The van der Waals surface area contributed by atoms with Crippen LogP contribution in [0.5, 0.6) is 0 Å². The summed E-state index contributed by atoms with van der Waals surface area (Å²) in [6.45, 7) is 1.90. The van der Waals surface area contributed by atoms with Crippen LogP contribution in [0.25, 0.3) is 0 Å². The molecule has 1 atom stereocenters. The fraction of sp³-hybridized carbons (Fsp3) is 0.333. The standard InChI is InChI=1S/C15H13Cl2NO4/c1-15(9-7-8(16)4-5-10(9)17)13(21)12(20)14(22-15)18-6-2-3-11(18)19/h4-5,7,20H,2-3,6H2,1H3. The maximum absolute atomic E-state index is 12.5. The van der Waals surface area contributed by atoms with Gasteiger partial charge >= 0.3 is 0 Å². The number of Topliss-reactive ketones (excluding diaryl/α,β-unsaturated/α-hetero) is 1. The zero-order valence-electron chi connectivity index (χ0n) is 11.7. The zero-order chi connectivity index (χ0) is 16.1. The van der Waals surface area contributed by atoms with Crippen molar-refractivity contribution in [3.05, 3.63) is 45.5 Å². The number of rotatable bonds is 2. The zero-order valence-corrected chi connectivity index (χ0v) is 13.2. The first kappa shape index (κ1) is 15.2. The number of carbonyl (C=O) groups is 2. The highest BCUT2D eigenvalue weighted by molar-refractivity contribution is 6.34. The summed E-state index contributed by atoms with van der Waals surface area (Å²) in [5.74, 6) is -1.50. The molecule has 2 aliphatic rings. The maximum atomic E-state index is 12.5. The van der Waals surface area contributed by atoms with Crippen LogP contribution in [-0.4, -0.2) is 28.2 Å². The normalized spacial score (nSPS) is 25.1. The van der Waals surface area contributed by atoms with Gasteiger partial charge in [0.2, 0.25) is 23.2 Å². The third kappa shape index (κ3) is 2.16. The van der Waals surface area contributed by atoms with Crippen molar-refractivity contribution in [1.29, 1.82) is 0 Å². The van der Waals surface area contributed by atoms with Gasteiger partial charge in [-0.25, -0.2) is 0 Å². The topological polar surface area (TPSA) is 66.8 Å². The Balaban J connectivity index is 2.03. The van der Waals surface area contributed by atoms with E-state index in [1.54, 1.807) is 12.1 Å². The maximum Gasteiger partial charge on any atom is 0.250 e. The monoisotopic (exact) mass is 341 g/mol. The van der Waals surface area contributed by atoms with Crippen molar-refractivity contribution in [3.63, 3.8) is 0 Å². The van der Waals surface area contributed by atoms with Crippen LogP contribution in [0.15, 0.2) is 29.8 Å². The predicted octanol–water partition coefficient (Wildman–Crippen LogP) is 3.16. The molecule has 116 valence electrons. The van der Waals surface area contributed by atoms with Crippen molar-refractivity contribution in [1.82, 2.24) is 4.90 Å². The summed E-state index contributed by atoms with van der Waals surface area (Å²) in [5.41, 5.74) is -1.16. The van der Waals surface area contributed by atoms with E-state index in [1.165, 1.54) is 17.9 Å². The van der Waals surface area contributed by atoms with E-state index in [1.807, 2.05) is 0 Å². The van der Waals surface area contributed by atoms with E-state index >= 15 is 0 Å². The van der Waals surface area contributed by atoms with Crippen LogP contribution in [-0.2, 0) is 19.9 Å². The molecule has 1 aromatic carbocycles. The Morgan fingerprint density at radius 3 is 2.68 bits per heavy atom. The summed E-state index contributed by atoms with van der Waals surface area (Å²) in [6, 6.07) is 4.66. The second-order valence-electron chi connectivity index (χ2n) is 5.39. The van der Waals surface area contributed by atoms with E-state index in [-0.39, 0.29) is 11.8 Å². The van der Waals surface area contributed by atoms with E-state index < -0.39 is 17.1 Å². The first-order valence-electron chi connectivity index (χ1n) is 6.77. The average molecular weight is 342 g/mol. The number of ketones is 1. The van der Waals surface area contributed by atoms with Gasteiger partial charge in [0.05, 0.1) is 0 Å². The Labute approximate surface area is 137 Å². The summed E-state index contributed by atoms with van der Waals surface area (Å²) in [7, 11) is 0. The van der Waals surface area contributed by atoms with Gasteiger partial charge in [0.15, 0.2) is 0 Å². The molecular weight excluding hydrogens is 329 g/mol. The number of halogens is 2. The van der Waals surface area contributed by atoms with Crippen molar-refractivity contribution in [3.8, 4) is 0 Å². The number of likely N-dealkylation sites (tertiary alicyclic amines) is 1. The van der Waals surface area contributed by atoms with Crippen LogP contribution in [0.3, 0.4) is 0 Å². The highest BCUT2D eigenvalue weighted by Gasteiger charge is 2.51. The van der Waals surface area contributed by atoms with E-state index in [0.29, 0.717) is 35.0 Å². The summed E-state index contributed by atoms with van der Waals surface area (Å²) in [6.07, 6.45) is 1.02. The lowest BCUT2D eigenvalue weighted by Gasteiger charge is -2.26. The molecule has 1 amide bonds. The van der Waals surface area contributed by atoms with Gasteiger partial charge in [-0.2, -0.15) is 0 Å². The van der Waals surface area contributed by atoms with Crippen LogP contribution >= 0.6 is 23.2 Å². The fourth-order valence-corrected chi connectivity index (χ4v) is 3.17. The Bertz CT molecular complexity index is 715. The largest absolute Gasteiger partial charge is 0.501 e. The second-order valence-corrected chi connectivity index (χ2v) is 6.23. The van der Waals surface area contributed by atoms with Gasteiger partial charge in [-0.15, -0.1) is 0 Å². The highest BCUT2D eigenvalue weighted by Crippen LogP contribution is 2.43. The third-order valence-corrected chi connectivity index (χ3v) is 4.48. The minimum atomic E-state index is -1.51. The Kier molecular flexibility index (Phi) is 3.57. The minimum Gasteiger partial charge on any atom is -0.501 e. The molecule has 3 rings (SSSR count). The van der Waals surface area contributed by atoms with Crippen LogP contribution in [0.4, 0.5) is 0 Å². The molecule has 0 saturated carbocycles. The molecule has 1 N–H and O–H groups in total. The lowest BCUT2D eigenvalue weighted by molar-refractivity contribution is -0.136. The molecule has 0 aliphatic carbocycles. The number of carbonyl (C=O) groups excluding carboxylic acids is 2. The molecule has 1 fully saturated rings. The molecule has 5 nitrogen and oxygen atoms in total. The number of amides is 1. The summed E-state index contributed by atoms with van der Waals surface area (Å²) >= 11 is 12.1. The lowest BCUT2D eigenvalue weighted by Crippen LogP contribution is -2.33. The molecule has 0 bridgehead atoms. The molecule has 0 spiro atoms. The van der Waals surface area contributed by atoms with E-state index in [9.17, 15) is 14.7 Å². The number of hydrogen-bond donors (Lipinski definition) is 1. The minimum absolute atomic E-state index is 0.106.